The molecule has 2 fully saturated rings. The smallest absolute Gasteiger partial charge is 0.331 e. The van der Waals surface area contributed by atoms with Gasteiger partial charge in [0, 0.05) is 11.0 Å². The molecule has 172 valence electrons. The number of hydrogen-bond donors (Lipinski definition) is 1. The lowest BCUT2D eigenvalue weighted by molar-refractivity contribution is -0.147. The normalized spacial score (nSPS) is 20.1. The monoisotopic (exact) mass is 503 g/mol. The van der Waals surface area contributed by atoms with E-state index in [9.17, 15) is 4.79 Å². The fourth-order valence-electron chi connectivity index (χ4n) is 4.88. The number of aromatic nitrogens is 3. The van der Waals surface area contributed by atoms with Gasteiger partial charge in [0.2, 0.25) is 11.9 Å². The summed E-state index contributed by atoms with van der Waals surface area (Å²) in [6.07, 6.45) is 6.44. The summed E-state index contributed by atoms with van der Waals surface area (Å²) in [4.78, 5) is 28.6. The van der Waals surface area contributed by atoms with Crippen molar-refractivity contribution < 1.29 is 14.3 Å². The number of esters is 1. The molecule has 1 aliphatic carbocycles. The lowest BCUT2D eigenvalue weighted by atomic mass is 9.82. The van der Waals surface area contributed by atoms with Gasteiger partial charge in [-0.3, -0.25) is 0 Å². The van der Waals surface area contributed by atoms with E-state index in [-0.39, 0.29) is 18.0 Å². The van der Waals surface area contributed by atoms with Gasteiger partial charge >= 0.3 is 12.0 Å². The number of rotatable bonds is 6. The second-order valence-electron chi connectivity index (χ2n) is 8.62. The molecule has 2 heterocycles. The zero-order valence-electron chi connectivity index (χ0n) is 18.9. The lowest BCUT2D eigenvalue weighted by Crippen LogP contribution is -2.49. The van der Waals surface area contributed by atoms with E-state index in [1.54, 1.807) is 7.11 Å². The van der Waals surface area contributed by atoms with Crippen molar-refractivity contribution in [1.29, 1.82) is 0 Å². The van der Waals surface area contributed by atoms with Crippen LogP contribution in [0, 0.1) is 6.92 Å². The highest BCUT2D eigenvalue weighted by atomic mass is 79.9. The number of carbonyl (C=O) groups excluding carboxylic acids is 1. The summed E-state index contributed by atoms with van der Waals surface area (Å²) in [5.74, 6) is 0.618. The summed E-state index contributed by atoms with van der Waals surface area (Å²) < 4.78 is 11.6. The zero-order chi connectivity index (χ0) is 22.7. The van der Waals surface area contributed by atoms with E-state index in [0.29, 0.717) is 24.7 Å². The van der Waals surface area contributed by atoms with Gasteiger partial charge < -0.3 is 19.7 Å². The average molecular weight is 504 g/mol. The third kappa shape index (κ3) is 4.67. The van der Waals surface area contributed by atoms with Crippen molar-refractivity contribution in [1.82, 2.24) is 15.0 Å². The van der Waals surface area contributed by atoms with Crippen LogP contribution in [0.3, 0.4) is 0 Å². The second kappa shape index (κ2) is 9.60. The van der Waals surface area contributed by atoms with Gasteiger partial charge in [-0.1, -0.05) is 41.3 Å². The Bertz CT molecular complexity index is 960. The van der Waals surface area contributed by atoms with Crippen LogP contribution < -0.4 is 15.0 Å². The molecule has 1 saturated carbocycles. The SMILES string of the molecule is COC(=O)C1(Nc2nc(OC)nc(N3CCCC3c3cc(C)cc(Br)c3)n2)CCCCC1. The maximum Gasteiger partial charge on any atom is 0.331 e. The summed E-state index contributed by atoms with van der Waals surface area (Å²) in [6.45, 7) is 2.93. The molecule has 1 atom stereocenters. The van der Waals surface area contributed by atoms with E-state index < -0.39 is 5.54 Å². The third-order valence-electron chi connectivity index (χ3n) is 6.38. The van der Waals surface area contributed by atoms with Crippen molar-refractivity contribution in [3.8, 4) is 6.01 Å². The molecule has 1 aliphatic heterocycles. The number of anilines is 2. The molecule has 32 heavy (non-hydrogen) atoms. The molecule has 1 unspecified atom stereocenters. The van der Waals surface area contributed by atoms with Crippen molar-refractivity contribution in [2.24, 2.45) is 0 Å². The molecule has 1 aromatic carbocycles. The number of benzene rings is 1. The Balaban J connectivity index is 1.67. The molecule has 8 nitrogen and oxygen atoms in total. The fourth-order valence-corrected chi connectivity index (χ4v) is 5.50. The van der Waals surface area contributed by atoms with Gasteiger partial charge in [-0.25, -0.2) is 4.79 Å². The molecule has 2 aromatic rings. The van der Waals surface area contributed by atoms with Gasteiger partial charge in [0.1, 0.15) is 5.54 Å². The predicted molar refractivity (Wildman–Crippen MR) is 126 cm³/mol. The van der Waals surface area contributed by atoms with Crippen molar-refractivity contribution in [3.05, 3.63) is 33.8 Å². The maximum atomic E-state index is 12.7. The number of hydrogen-bond acceptors (Lipinski definition) is 8. The minimum Gasteiger partial charge on any atom is -0.467 e. The number of ether oxygens (including phenoxy) is 2. The van der Waals surface area contributed by atoms with Crippen molar-refractivity contribution in [2.75, 3.05) is 31.0 Å². The first kappa shape index (κ1) is 22.8. The Kier molecular flexibility index (Phi) is 6.83. The number of methoxy groups -OCH3 is 2. The third-order valence-corrected chi connectivity index (χ3v) is 6.84. The van der Waals surface area contributed by atoms with Crippen LogP contribution in [-0.2, 0) is 9.53 Å². The van der Waals surface area contributed by atoms with Crippen LogP contribution in [0.1, 0.15) is 62.1 Å². The Morgan fingerprint density at radius 2 is 1.91 bits per heavy atom. The van der Waals surface area contributed by atoms with E-state index in [2.05, 4.69) is 61.2 Å². The Labute approximate surface area is 197 Å². The average Bonchev–Trinajstić information content (AvgIpc) is 3.28. The molecule has 1 saturated heterocycles. The molecule has 4 rings (SSSR count). The van der Waals surface area contributed by atoms with E-state index in [1.165, 1.54) is 18.2 Å². The molecular formula is C23H30BrN5O3. The molecule has 1 aromatic heterocycles. The molecule has 0 bridgehead atoms. The molecule has 0 spiro atoms. The first-order chi connectivity index (χ1) is 15.4. The van der Waals surface area contributed by atoms with Crippen LogP contribution >= 0.6 is 15.9 Å². The van der Waals surface area contributed by atoms with E-state index in [1.807, 2.05) is 0 Å². The fraction of sp³-hybridized carbons (Fsp3) is 0.565. The first-order valence-electron chi connectivity index (χ1n) is 11.1. The highest BCUT2D eigenvalue weighted by Gasteiger charge is 2.42. The Morgan fingerprint density at radius 3 is 2.59 bits per heavy atom. The predicted octanol–water partition coefficient (Wildman–Crippen LogP) is 4.58. The quantitative estimate of drug-likeness (QED) is 0.572. The second-order valence-corrected chi connectivity index (χ2v) is 9.53. The molecule has 0 amide bonds. The molecule has 9 heteroatoms. The van der Waals surface area contributed by atoms with Gasteiger partial charge in [-0.2, -0.15) is 15.0 Å². The van der Waals surface area contributed by atoms with Gasteiger partial charge in [0.05, 0.1) is 20.3 Å². The van der Waals surface area contributed by atoms with Gasteiger partial charge in [-0.05, 0) is 55.9 Å². The minimum atomic E-state index is -0.817. The van der Waals surface area contributed by atoms with Crippen LogP contribution in [0.15, 0.2) is 22.7 Å². The van der Waals surface area contributed by atoms with Crippen LogP contribution in [-0.4, -0.2) is 47.2 Å². The summed E-state index contributed by atoms with van der Waals surface area (Å²) >= 11 is 3.62. The van der Waals surface area contributed by atoms with E-state index in [0.717, 1.165) is 43.1 Å². The number of aryl methyl sites for hydroxylation is 1. The van der Waals surface area contributed by atoms with Gasteiger partial charge in [0.25, 0.3) is 0 Å². The highest BCUT2D eigenvalue weighted by molar-refractivity contribution is 9.10. The van der Waals surface area contributed by atoms with E-state index in [4.69, 9.17) is 14.5 Å². The Morgan fingerprint density at radius 1 is 1.12 bits per heavy atom. The van der Waals surface area contributed by atoms with Crippen LogP contribution in [0.25, 0.3) is 0 Å². The summed E-state index contributed by atoms with van der Waals surface area (Å²) in [7, 11) is 2.97. The van der Waals surface area contributed by atoms with Crippen molar-refractivity contribution >= 4 is 33.8 Å². The molecular weight excluding hydrogens is 474 g/mol. The molecule has 0 radical (unpaired) electrons. The van der Waals surface area contributed by atoms with Gasteiger partial charge in [0.15, 0.2) is 0 Å². The Hall–Kier alpha value is -2.42. The maximum absolute atomic E-state index is 12.7. The summed E-state index contributed by atoms with van der Waals surface area (Å²) in [5, 5.41) is 3.31. The first-order valence-corrected chi connectivity index (χ1v) is 11.9. The molecule has 2 aliphatic rings. The lowest BCUT2D eigenvalue weighted by Gasteiger charge is -2.35. The number of halogens is 1. The van der Waals surface area contributed by atoms with Crippen LogP contribution in [0.2, 0.25) is 0 Å². The van der Waals surface area contributed by atoms with Crippen LogP contribution in [0.4, 0.5) is 11.9 Å². The largest absolute Gasteiger partial charge is 0.467 e. The van der Waals surface area contributed by atoms with E-state index >= 15 is 0 Å². The number of nitrogens with one attached hydrogen (secondary N) is 1. The molecule has 1 N–H and O–H groups in total. The minimum absolute atomic E-state index is 0.162. The standard InChI is InChI=1S/C23H30BrN5O3/c1-15-12-16(14-17(24)13-15)18-8-7-11-29(18)21-25-20(26-22(27-21)32-3)28-23(19(30)31-2)9-5-4-6-10-23/h12-14,18H,4-11H2,1-3H3,(H,25,26,27,28). The van der Waals surface area contributed by atoms with Crippen molar-refractivity contribution in [2.45, 2.75) is 63.5 Å². The van der Waals surface area contributed by atoms with Gasteiger partial charge in [-0.15, -0.1) is 0 Å². The number of carbonyl (C=O) groups is 1. The highest BCUT2D eigenvalue weighted by Crippen LogP contribution is 2.37. The zero-order valence-corrected chi connectivity index (χ0v) is 20.4. The number of nitrogens with zero attached hydrogens (tertiary/aromatic N) is 4. The van der Waals surface area contributed by atoms with Crippen molar-refractivity contribution in [3.63, 3.8) is 0 Å². The summed E-state index contributed by atoms with van der Waals surface area (Å²) in [6, 6.07) is 6.86. The topological polar surface area (TPSA) is 89.5 Å². The summed E-state index contributed by atoms with van der Waals surface area (Å²) in [5.41, 5.74) is 1.61. The van der Waals surface area contributed by atoms with Crippen LogP contribution in [0.5, 0.6) is 6.01 Å².